The predicted octanol–water partition coefficient (Wildman–Crippen LogP) is 2.99. The minimum absolute atomic E-state index is 0.0810. The van der Waals surface area contributed by atoms with Crippen molar-refractivity contribution in [2.24, 2.45) is 0 Å². The van der Waals surface area contributed by atoms with Crippen molar-refractivity contribution in [2.45, 2.75) is 13.8 Å². The van der Waals surface area contributed by atoms with E-state index in [0.29, 0.717) is 48.5 Å². The van der Waals surface area contributed by atoms with Gasteiger partial charge < -0.3 is 9.64 Å². The fourth-order valence-electron chi connectivity index (χ4n) is 4.24. The molecule has 1 saturated heterocycles. The Morgan fingerprint density at radius 1 is 1.13 bits per heavy atom. The molecule has 13 heteroatoms. The number of nitrogens with zero attached hydrogens (tertiary/aromatic N) is 5. The first-order chi connectivity index (χ1) is 18.2. The summed E-state index contributed by atoms with van der Waals surface area (Å²) >= 11 is 0. The topological polar surface area (TPSA) is 119 Å². The van der Waals surface area contributed by atoms with Crippen LogP contribution in [-0.2, 0) is 14.8 Å². The molecular formula is C25H24F2N6O4S. The van der Waals surface area contributed by atoms with Crippen molar-refractivity contribution in [3.05, 3.63) is 65.6 Å². The van der Waals surface area contributed by atoms with E-state index in [9.17, 15) is 22.0 Å². The lowest BCUT2D eigenvalue weighted by Gasteiger charge is -2.27. The molecule has 4 aromatic rings. The number of carbonyl (C=O) groups excluding carboxylic acids is 1. The molecule has 0 spiro atoms. The van der Waals surface area contributed by atoms with Crippen LogP contribution in [0.2, 0.25) is 0 Å². The number of halogens is 2. The standard InChI is InChI=1S/C25H24F2N6O4S/c1-3-38(35,36)31-25(34)20-13-18(16-4-7-22(28-14-16)32-8-10-37-11-9-32)23-15(2)30-33(24(23)29-20)21-6-5-17(26)12-19(21)27/h4-7,12-14H,3,8-11H2,1-2H3,(H,31,34). The average Bonchev–Trinajstić information content (AvgIpc) is 3.24. The van der Waals surface area contributed by atoms with Crippen molar-refractivity contribution in [2.75, 3.05) is 37.0 Å². The van der Waals surface area contributed by atoms with Crippen LogP contribution in [-0.4, -0.2) is 66.1 Å². The van der Waals surface area contributed by atoms with Crippen LogP contribution in [0.5, 0.6) is 0 Å². The molecule has 5 rings (SSSR count). The summed E-state index contributed by atoms with van der Waals surface area (Å²) in [5, 5.41) is 4.92. The molecule has 3 aromatic heterocycles. The van der Waals surface area contributed by atoms with E-state index in [1.54, 1.807) is 13.1 Å². The summed E-state index contributed by atoms with van der Waals surface area (Å²) in [7, 11) is -3.88. The molecule has 0 unspecified atom stereocenters. The van der Waals surface area contributed by atoms with E-state index in [4.69, 9.17) is 4.74 Å². The van der Waals surface area contributed by atoms with Crippen molar-refractivity contribution >= 4 is 32.8 Å². The zero-order chi connectivity index (χ0) is 27.0. The van der Waals surface area contributed by atoms with Gasteiger partial charge in [0.1, 0.15) is 23.0 Å². The first kappa shape index (κ1) is 25.7. The van der Waals surface area contributed by atoms with Crippen LogP contribution in [0.25, 0.3) is 27.8 Å². The molecule has 4 heterocycles. The highest BCUT2D eigenvalue weighted by atomic mass is 32.2. The van der Waals surface area contributed by atoms with Gasteiger partial charge in [0.2, 0.25) is 10.0 Å². The molecule has 38 heavy (non-hydrogen) atoms. The monoisotopic (exact) mass is 542 g/mol. The SMILES string of the molecule is CCS(=O)(=O)NC(=O)c1cc(-c2ccc(N3CCOCC3)nc2)c2c(C)nn(-c3ccc(F)cc3F)c2n1. The highest BCUT2D eigenvalue weighted by Crippen LogP contribution is 2.33. The number of ether oxygens (including phenoxy) is 1. The molecule has 1 amide bonds. The second-order valence-electron chi connectivity index (χ2n) is 8.69. The largest absolute Gasteiger partial charge is 0.378 e. The van der Waals surface area contributed by atoms with E-state index < -0.39 is 27.6 Å². The Morgan fingerprint density at radius 2 is 1.89 bits per heavy atom. The van der Waals surface area contributed by atoms with Crippen LogP contribution in [0.4, 0.5) is 14.6 Å². The lowest BCUT2D eigenvalue weighted by molar-refractivity contribution is 0.0977. The Bertz CT molecular complexity index is 1630. The van der Waals surface area contributed by atoms with Gasteiger partial charge in [-0.2, -0.15) is 5.10 Å². The van der Waals surface area contributed by atoms with Gasteiger partial charge in [0, 0.05) is 30.9 Å². The van der Waals surface area contributed by atoms with Crippen molar-refractivity contribution in [3.63, 3.8) is 0 Å². The normalized spacial score (nSPS) is 14.2. The van der Waals surface area contributed by atoms with Gasteiger partial charge in [-0.1, -0.05) is 0 Å². The van der Waals surface area contributed by atoms with Crippen molar-refractivity contribution in [3.8, 4) is 16.8 Å². The first-order valence-electron chi connectivity index (χ1n) is 11.9. The van der Waals surface area contributed by atoms with Crippen LogP contribution >= 0.6 is 0 Å². The van der Waals surface area contributed by atoms with Gasteiger partial charge in [0.05, 0.1) is 30.0 Å². The summed E-state index contributed by atoms with van der Waals surface area (Å²) in [4.78, 5) is 23.9. The maximum atomic E-state index is 14.7. The fourth-order valence-corrected chi connectivity index (χ4v) is 4.78. The highest BCUT2D eigenvalue weighted by Gasteiger charge is 2.23. The number of amides is 1. The molecule has 0 aliphatic carbocycles. The fraction of sp³-hybridized carbons (Fsp3) is 0.280. The lowest BCUT2D eigenvalue weighted by Crippen LogP contribution is -2.36. The summed E-state index contributed by atoms with van der Waals surface area (Å²) in [5.74, 6) is -2.13. The Hall–Kier alpha value is -3.97. The predicted molar refractivity (Wildman–Crippen MR) is 137 cm³/mol. The van der Waals surface area contributed by atoms with Crippen LogP contribution < -0.4 is 9.62 Å². The number of anilines is 1. The number of aryl methyl sites for hydroxylation is 1. The molecule has 1 N–H and O–H groups in total. The van der Waals surface area contributed by atoms with Gasteiger partial charge >= 0.3 is 0 Å². The molecule has 0 radical (unpaired) electrons. The minimum atomic E-state index is -3.88. The smallest absolute Gasteiger partial charge is 0.283 e. The Balaban J connectivity index is 1.68. The van der Waals surface area contributed by atoms with E-state index in [2.05, 4.69) is 20.0 Å². The third-order valence-corrected chi connectivity index (χ3v) is 7.46. The number of pyridine rings is 2. The number of benzene rings is 1. The van der Waals surface area contributed by atoms with Crippen molar-refractivity contribution < 1.29 is 26.7 Å². The molecule has 198 valence electrons. The van der Waals surface area contributed by atoms with Crippen LogP contribution in [0.3, 0.4) is 0 Å². The average molecular weight is 543 g/mol. The van der Waals surface area contributed by atoms with Crippen molar-refractivity contribution in [1.29, 1.82) is 0 Å². The van der Waals surface area contributed by atoms with E-state index in [1.165, 1.54) is 23.7 Å². The minimum Gasteiger partial charge on any atom is -0.378 e. The molecule has 1 aromatic carbocycles. The first-order valence-corrected chi connectivity index (χ1v) is 13.5. The van der Waals surface area contributed by atoms with Crippen LogP contribution in [0.15, 0.2) is 42.6 Å². The van der Waals surface area contributed by atoms with E-state index >= 15 is 0 Å². The van der Waals surface area contributed by atoms with Crippen LogP contribution in [0, 0.1) is 18.6 Å². The maximum absolute atomic E-state index is 14.7. The zero-order valence-corrected chi connectivity index (χ0v) is 21.4. The molecule has 0 bridgehead atoms. The summed E-state index contributed by atoms with van der Waals surface area (Å²) < 4.78 is 61.0. The van der Waals surface area contributed by atoms with Crippen LogP contribution in [0.1, 0.15) is 23.1 Å². The second kappa shape index (κ2) is 10.1. The summed E-state index contributed by atoms with van der Waals surface area (Å²) in [6.45, 7) is 5.71. The molecule has 1 fully saturated rings. The third-order valence-electron chi connectivity index (χ3n) is 6.21. The second-order valence-corrected chi connectivity index (χ2v) is 10.7. The number of hydrogen-bond acceptors (Lipinski definition) is 8. The quantitative estimate of drug-likeness (QED) is 0.395. The number of aromatic nitrogens is 4. The summed E-state index contributed by atoms with van der Waals surface area (Å²) in [6.07, 6.45) is 1.64. The molecule has 10 nitrogen and oxygen atoms in total. The number of nitrogens with one attached hydrogen (secondary N) is 1. The van der Waals surface area contributed by atoms with Crippen molar-refractivity contribution in [1.82, 2.24) is 24.5 Å². The molecule has 1 aliphatic heterocycles. The number of hydrogen-bond donors (Lipinski definition) is 1. The number of carbonyl (C=O) groups is 1. The van der Waals surface area contributed by atoms with Gasteiger partial charge in [0.15, 0.2) is 11.5 Å². The van der Waals surface area contributed by atoms with Gasteiger partial charge in [-0.25, -0.2) is 36.6 Å². The summed E-state index contributed by atoms with van der Waals surface area (Å²) in [6, 6.07) is 8.14. The molecule has 0 saturated carbocycles. The summed E-state index contributed by atoms with van der Waals surface area (Å²) in [5.41, 5.74) is 1.39. The van der Waals surface area contributed by atoms with Gasteiger partial charge in [0.25, 0.3) is 5.91 Å². The molecule has 1 aliphatic rings. The Labute approximate surface area is 217 Å². The number of rotatable bonds is 6. The third kappa shape index (κ3) is 4.94. The van der Waals surface area contributed by atoms with Gasteiger partial charge in [-0.05, 0) is 49.7 Å². The van der Waals surface area contributed by atoms with Gasteiger partial charge in [-0.3, -0.25) is 4.79 Å². The number of sulfonamides is 1. The maximum Gasteiger partial charge on any atom is 0.283 e. The lowest BCUT2D eigenvalue weighted by atomic mass is 10.0. The Morgan fingerprint density at radius 3 is 2.55 bits per heavy atom. The van der Waals surface area contributed by atoms with Gasteiger partial charge in [-0.15, -0.1) is 0 Å². The zero-order valence-electron chi connectivity index (χ0n) is 20.6. The molecular weight excluding hydrogens is 518 g/mol. The number of morpholine rings is 1. The van der Waals surface area contributed by atoms with E-state index in [-0.39, 0.29) is 22.8 Å². The highest BCUT2D eigenvalue weighted by molar-refractivity contribution is 7.90. The number of fused-ring (bicyclic) bond motifs is 1. The molecule has 0 atom stereocenters. The Kier molecular flexibility index (Phi) is 6.80. The van der Waals surface area contributed by atoms with E-state index in [1.807, 2.05) is 16.9 Å². The van der Waals surface area contributed by atoms with E-state index in [0.717, 1.165) is 18.0 Å².